The van der Waals surface area contributed by atoms with Crippen LogP contribution in [-0.4, -0.2) is 20.9 Å². The second kappa shape index (κ2) is 5.68. The van der Waals surface area contributed by atoms with Crippen LogP contribution in [0.4, 0.5) is 14.5 Å². The van der Waals surface area contributed by atoms with E-state index in [2.05, 4.69) is 10.4 Å². The van der Waals surface area contributed by atoms with E-state index >= 15 is 0 Å². The largest absolute Gasteiger partial charge is 0.478 e. The summed E-state index contributed by atoms with van der Waals surface area (Å²) in [6, 6.07) is 3.26. The Kier molecular flexibility index (Phi) is 3.97. The van der Waals surface area contributed by atoms with Crippen LogP contribution in [0.1, 0.15) is 23.0 Å². The van der Waals surface area contributed by atoms with Gasteiger partial charge in [-0.2, -0.15) is 5.10 Å². The van der Waals surface area contributed by atoms with Crippen molar-refractivity contribution in [3.8, 4) is 0 Å². The molecule has 5 nitrogen and oxygen atoms in total. The average molecular weight is 281 g/mol. The molecule has 0 aliphatic heterocycles. The molecular weight excluding hydrogens is 268 g/mol. The maximum atomic E-state index is 13.6. The molecule has 1 heterocycles. The molecule has 0 aliphatic carbocycles. The maximum absolute atomic E-state index is 13.6. The van der Waals surface area contributed by atoms with Crippen LogP contribution < -0.4 is 5.32 Å². The number of hydrogen-bond donors (Lipinski definition) is 2. The molecule has 0 amide bonds. The van der Waals surface area contributed by atoms with E-state index in [1.165, 1.54) is 0 Å². The van der Waals surface area contributed by atoms with Gasteiger partial charge in [-0.15, -0.1) is 0 Å². The SMILES string of the molecule is CCn1nccc1CNc1cc(C(=O)O)c(F)cc1F. The number of benzene rings is 1. The molecule has 0 spiro atoms. The van der Waals surface area contributed by atoms with Crippen molar-refractivity contribution in [3.05, 3.63) is 47.3 Å². The van der Waals surface area contributed by atoms with Crippen molar-refractivity contribution in [2.75, 3.05) is 5.32 Å². The molecule has 106 valence electrons. The Labute approximate surface area is 113 Å². The van der Waals surface area contributed by atoms with Gasteiger partial charge in [-0.3, -0.25) is 4.68 Å². The fourth-order valence-electron chi connectivity index (χ4n) is 1.83. The van der Waals surface area contributed by atoms with E-state index in [0.29, 0.717) is 12.6 Å². The van der Waals surface area contributed by atoms with Crippen molar-refractivity contribution in [2.45, 2.75) is 20.0 Å². The second-order valence-electron chi connectivity index (χ2n) is 4.11. The summed E-state index contributed by atoms with van der Waals surface area (Å²) in [5, 5.41) is 15.6. The number of nitrogens with zero attached hydrogens (tertiary/aromatic N) is 2. The maximum Gasteiger partial charge on any atom is 0.338 e. The molecule has 0 radical (unpaired) electrons. The average Bonchev–Trinajstić information content (AvgIpc) is 2.84. The number of carboxylic acids is 1. The lowest BCUT2D eigenvalue weighted by Crippen LogP contribution is -2.10. The Morgan fingerprint density at radius 3 is 2.80 bits per heavy atom. The van der Waals surface area contributed by atoms with Gasteiger partial charge in [0.1, 0.15) is 11.6 Å². The molecule has 0 bridgehead atoms. The van der Waals surface area contributed by atoms with Crippen LogP contribution in [0.25, 0.3) is 0 Å². The van der Waals surface area contributed by atoms with Gasteiger partial charge in [0.05, 0.1) is 23.5 Å². The highest BCUT2D eigenvalue weighted by Crippen LogP contribution is 2.20. The number of halogens is 2. The van der Waals surface area contributed by atoms with Gasteiger partial charge in [0.2, 0.25) is 0 Å². The van der Waals surface area contributed by atoms with Gasteiger partial charge in [0.25, 0.3) is 0 Å². The van der Waals surface area contributed by atoms with E-state index in [-0.39, 0.29) is 12.2 Å². The third-order valence-electron chi connectivity index (χ3n) is 2.85. The van der Waals surface area contributed by atoms with Crippen LogP contribution in [0.2, 0.25) is 0 Å². The first-order chi connectivity index (χ1) is 9.52. The van der Waals surface area contributed by atoms with Crippen LogP contribution in [0.3, 0.4) is 0 Å². The van der Waals surface area contributed by atoms with Crippen LogP contribution >= 0.6 is 0 Å². The Morgan fingerprint density at radius 1 is 1.40 bits per heavy atom. The first kappa shape index (κ1) is 14.0. The number of hydrogen-bond acceptors (Lipinski definition) is 3. The minimum Gasteiger partial charge on any atom is -0.478 e. The van der Waals surface area contributed by atoms with Crippen molar-refractivity contribution in [3.63, 3.8) is 0 Å². The van der Waals surface area contributed by atoms with Gasteiger partial charge >= 0.3 is 5.97 Å². The molecule has 2 aromatic rings. The summed E-state index contributed by atoms with van der Waals surface area (Å²) in [7, 11) is 0. The van der Waals surface area contributed by atoms with Crippen molar-refractivity contribution in [1.29, 1.82) is 0 Å². The van der Waals surface area contributed by atoms with Gasteiger partial charge in [-0.25, -0.2) is 13.6 Å². The molecule has 2 rings (SSSR count). The highest BCUT2D eigenvalue weighted by molar-refractivity contribution is 5.89. The molecule has 0 saturated carbocycles. The summed E-state index contributed by atoms with van der Waals surface area (Å²) < 4.78 is 28.6. The van der Waals surface area contributed by atoms with Gasteiger partial charge < -0.3 is 10.4 Å². The Bertz CT molecular complexity index is 641. The first-order valence-corrected chi connectivity index (χ1v) is 5.99. The number of aryl methyl sites for hydroxylation is 1. The van der Waals surface area contributed by atoms with Gasteiger partial charge in [0.15, 0.2) is 0 Å². The summed E-state index contributed by atoms with van der Waals surface area (Å²) >= 11 is 0. The quantitative estimate of drug-likeness (QED) is 0.883. The molecule has 0 fully saturated rings. The summed E-state index contributed by atoms with van der Waals surface area (Å²) in [6.45, 7) is 2.84. The van der Waals surface area contributed by atoms with E-state index in [4.69, 9.17) is 5.11 Å². The number of carboxylic acid groups (broad SMARTS) is 1. The summed E-state index contributed by atoms with van der Waals surface area (Å²) in [5.41, 5.74) is 0.179. The summed E-state index contributed by atoms with van der Waals surface area (Å²) in [5.74, 6) is -3.38. The summed E-state index contributed by atoms with van der Waals surface area (Å²) in [6.07, 6.45) is 1.62. The standard InChI is InChI=1S/C13H13F2N3O2/c1-2-18-8(3-4-17-18)7-16-12-5-9(13(19)20)10(14)6-11(12)15/h3-6,16H,2,7H2,1H3,(H,19,20). The fraction of sp³-hybridized carbons (Fsp3) is 0.231. The van der Waals surface area contributed by atoms with E-state index in [0.717, 1.165) is 11.8 Å². The predicted octanol–water partition coefficient (Wildman–Crippen LogP) is 2.49. The number of aromatic carboxylic acids is 1. The molecular formula is C13H13F2N3O2. The molecule has 1 aromatic heterocycles. The summed E-state index contributed by atoms with van der Waals surface area (Å²) in [4.78, 5) is 10.8. The smallest absolute Gasteiger partial charge is 0.338 e. The fourth-order valence-corrected chi connectivity index (χ4v) is 1.83. The van der Waals surface area contributed by atoms with E-state index in [1.807, 2.05) is 6.92 Å². The number of nitrogens with one attached hydrogen (secondary N) is 1. The van der Waals surface area contributed by atoms with E-state index < -0.39 is 23.2 Å². The third kappa shape index (κ3) is 2.76. The molecule has 1 aromatic carbocycles. The van der Waals surface area contributed by atoms with Gasteiger partial charge in [-0.05, 0) is 19.1 Å². The number of anilines is 1. The highest BCUT2D eigenvalue weighted by Gasteiger charge is 2.15. The lowest BCUT2D eigenvalue weighted by atomic mass is 10.1. The Morgan fingerprint density at radius 2 is 2.15 bits per heavy atom. The zero-order valence-electron chi connectivity index (χ0n) is 10.7. The Balaban J connectivity index is 2.21. The molecule has 0 aliphatic rings. The first-order valence-electron chi connectivity index (χ1n) is 5.99. The van der Waals surface area contributed by atoms with Crippen LogP contribution in [0.15, 0.2) is 24.4 Å². The van der Waals surface area contributed by atoms with E-state index in [1.54, 1.807) is 16.9 Å². The van der Waals surface area contributed by atoms with Gasteiger partial charge in [0, 0.05) is 18.8 Å². The number of aromatic nitrogens is 2. The van der Waals surface area contributed by atoms with Crippen LogP contribution in [-0.2, 0) is 13.1 Å². The van der Waals surface area contributed by atoms with Crippen molar-refractivity contribution < 1.29 is 18.7 Å². The second-order valence-corrected chi connectivity index (χ2v) is 4.11. The zero-order chi connectivity index (χ0) is 14.7. The zero-order valence-corrected chi connectivity index (χ0v) is 10.7. The molecule has 0 unspecified atom stereocenters. The predicted molar refractivity (Wildman–Crippen MR) is 68.5 cm³/mol. The molecule has 0 saturated heterocycles. The molecule has 20 heavy (non-hydrogen) atoms. The number of carbonyl (C=O) groups is 1. The normalized spacial score (nSPS) is 10.6. The topological polar surface area (TPSA) is 67.2 Å². The molecule has 2 N–H and O–H groups in total. The van der Waals surface area contributed by atoms with Crippen molar-refractivity contribution in [2.24, 2.45) is 0 Å². The van der Waals surface area contributed by atoms with E-state index in [9.17, 15) is 13.6 Å². The lowest BCUT2D eigenvalue weighted by molar-refractivity contribution is 0.0692. The molecule has 7 heteroatoms. The third-order valence-corrected chi connectivity index (χ3v) is 2.85. The Hall–Kier alpha value is -2.44. The molecule has 0 atom stereocenters. The minimum atomic E-state index is -1.44. The van der Waals surface area contributed by atoms with Crippen LogP contribution in [0, 0.1) is 11.6 Å². The minimum absolute atomic E-state index is 0.0624. The highest BCUT2D eigenvalue weighted by atomic mass is 19.1. The van der Waals surface area contributed by atoms with Crippen molar-refractivity contribution in [1.82, 2.24) is 9.78 Å². The van der Waals surface area contributed by atoms with Crippen LogP contribution in [0.5, 0.6) is 0 Å². The van der Waals surface area contributed by atoms with Crippen molar-refractivity contribution >= 4 is 11.7 Å². The monoisotopic (exact) mass is 281 g/mol. The van der Waals surface area contributed by atoms with Gasteiger partial charge in [-0.1, -0.05) is 0 Å². The lowest BCUT2D eigenvalue weighted by Gasteiger charge is -2.10. The number of rotatable bonds is 5.